The number of ether oxygens (including phenoxy) is 1. The summed E-state index contributed by atoms with van der Waals surface area (Å²) in [5, 5.41) is 4.48. The zero-order chi connectivity index (χ0) is 21.0. The zero-order valence-electron chi connectivity index (χ0n) is 15.0. The Morgan fingerprint density at radius 1 is 1.04 bits per heavy atom. The summed E-state index contributed by atoms with van der Waals surface area (Å²) in [5.41, 5.74) is -1.93. The third-order valence-electron chi connectivity index (χ3n) is 6.49. The molecule has 0 amide bonds. The topological polar surface area (TPSA) is 97.7 Å². The van der Waals surface area contributed by atoms with E-state index in [4.69, 9.17) is 4.74 Å². The highest BCUT2D eigenvalue weighted by Gasteiger charge is 2.64. The van der Waals surface area contributed by atoms with E-state index >= 15 is 0 Å². The van der Waals surface area contributed by atoms with E-state index in [9.17, 15) is 40.7 Å². The van der Waals surface area contributed by atoms with Gasteiger partial charge in [-0.3, -0.25) is 9.59 Å². The summed E-state index contributed by atoms with van der Waals surface area (Å²) >= 11 is 0. The van der Waals surface area contributed by atoms with Gasteiger partial charge in [0.25, 0.3) is 0 Å². The number of carbonyl (C=O) groups is 2. The maximum Gasteiger partial charge on any atom is 0.404 e. The number of thiol groups is 1. The van der Waals surface area contributed by atoms with Crippen LogP contribution in [0.1, 0.15) is 51.4 Å². The first-order chi connectivity index (χ1) is 12.8. The first kappa shape index (κ1) is 21.3. The lowest BCUT2D eigenvalue weighted by Gasteiger charge is -2.59. The Morgan fingerprint density at radius 3 is 2.07 bits per heavy atom. The van der Waals surface area contributed by atoms with Crippen molar-refractivity contribution in [3.05, 3.63) is 0 Å². The summed E-state index contributed by atoms with van der Waals surface area (Å²) in [4.78, 5) is 24.4. The minimum atomic E-state index is -5.17. The van der Waals surface area contributed by atoms with Crippen LogP contribution in [-0.2, 0) is 25.0 Å². The molecule has 4 aliphatic carbocycles. The van der Waals surface area contributed by atoms with Gasteiger partial charge in [0.1, 0.15) is 0 Å². The second kappa shape index (κ2) is 6.84. The molecule has 4 rings (SSSR count). The Hall–Kier alpha value is -1.39. The van der Waals surface area contributed by atoms with E-state index in [2.05, 4.69) is 0 Å². The van der Waals surface area contributed by atoms with E-state index in [1.165, 1.54) is 0 Å². The number of aliphatic carboxylic acids is 1. The molecule has 4 aliphatic rings. The average molecular weight is 430 g/mol. The standard InChI is InChI=1S/C17H22F4O6S/c18-16(19,17(20,21)28(25)26)2-1-3-27-13(24)15-7-10-4-11(8-15)6-14(5-10,9-15)12(22)23/h10-11,28H,1-9H2,(H,22,23). The largest absolute Gasteiger partial charge is 0.481 e. The smallest absolute Gasteiger partial charge is 0.404 e. The number of hydrogen-bond acceptors (Lipinski definition) is 5. The van der Waals surface area contributed by atoms with Crippen molar-refractivity contribution in [1.29, 1.82) is 0 Å². The Labute approximate surface area is 160 Å². The quantitative estimate of drug-likeness (QED) is 0.266. The van der Waals surface area contributed by atoms with Gasteiger partial charge in [-0.05, 0) is 56.8 Å². The van der Waals surface area contributed by atoms with Crippen LogP contribution in [0, 0.1) is 22.7 Å². The van der Waals surface area contributed by atoms with E-state index in [1.54, 1.807) is 0 Å². The molecule has 0 spiro atoms. The van der Waals surface area contributed by atoms with Crippen LogP contribution >= 0.6 is 0 Å². The monoisotopic (exact) mass is 430 g/mol. The van der Waals surface area contributed by atoms with E-state index in [1.807, 2.05) is 0 Å². The normalized spacial score (nSPS) is 34.6. The molecule has 0 aliphatic heterocycles. The van der Waals surface area contributed by atoms with E-state index < -0.39 is 64.1 Å². The molecule has 4 bridgehead atoms. The first-order valence-corrected chi connectivity index (χ1v) is 10.3. The third kappa shape index (κ3) is 3.39. The van der Waals surface area contributed by atoms with Gasteiger partial charge in [0.05, 0.1) is 17.4 Å². The Morgan fingerprint density at radius 2 is 1.57 bits per heavy atom. The number of hydrogen-bond donors (Lipinski definition) is 2. The van der Waals surface area contributed by atoms with Crippen molar-refractivity contribution in [3.63, 3.8) is 0 Å². The van der Waals surface area contributed by atoms with Crippen molar-refractivity contribution < 1.29 is 45.4 Å². The van der Waals surface area contributed by atoms with Gasteiger partial charge in [-0.15, -0.1) is 0 Å². The van der Waals surface area contributed by atoms with Crippen LogP contribution in [0.25, 0.3) is 0 Å². The molecular formula is C17H22F4O6S. The molecule has 160 valence electrons. The number of halogens is 4. The second-order valence-corrected chi connectivity index (χ2v) is 9.65. The summed E-state index contributed by atoms with van der Waals surface area (Å²) in [6.45, 7) is -0.558. The molecule has 0 aromatic carbocycles. The molecule has 4 saturated carbocycles. The number of carboxylic acids is 1. The maximum absolute atomic E-state index is 13.4. The van der Waals surface area contributed by atoms with Gasteiger partial charge >= 0.3 is 23.1 Å². The van der Waals surface area contributed by atoms with Crippen LogP contribution in [0.4, 0.5) is 17.6 Å². The molecule has 28 heavy (non-hydrogen) atoms. The van der Waals surface area contributed by atoms with Gasteiger partial charge in [0.15, 0.2) is 0 Å². The number of rotatable bonds is 8. The fourth-order valence-corrected chi connectivity index (χ4v) is 6.03. The van der Waals surface area contributed by atoms with Gasteiger partial charge in [-0.2, -0.15) is 17.6 Å². The fraction of sp³-hybridized carbons (Fsp3) is 0.882. The van der Waals surface area contributed by atoms with E-state index in [0.29, 0.717) is 25.7 Å². The molecule has 2 atom stereocenters. The zero-order valence-corrected chi connectivity index (χ0v) is 15.9. The summed E-state index contributed by atoms with van der Waals surface area (Å²) in [6.07, 6.45) is 0.929. The lowest BCUT2D eigenvalue weighted by Crippen LogP contribution is -2.57. The molecule has 0 heterocycles. The molecule has 11 heteroatoms. The third-order valence-corrected chi connectivity index (χ3v) is 7.27. The predicted molar refractivity (Wildman–Crippen MR) is 87.6 cm³/mol. The van der Waals surface area contributed by atoms with Gasteiger partial charge < -0.3 is 9.84 Å². The summed E-state index contributed by atoms with van der Waals surface area (Å²) in [7, 11) is -4.64. The number of carboxylic acid groups (broad SMARTS) is 1. The van der Waals surface area contributed by atoms with Gasteiger partial charge in [-0.25, -0.2) is 8.42 Å². The summed E-state index contributed by atoms with van der Waals surface area (Å²) < 4.78 is 78.5. The highest BCUT2D eigenvalue weighted by atomic mass is 32.2. The Bertz CT molecular complexity index is 728. The van der Waals surface area contributed by atoms with Crippen molar-refractivity contribution in [2.24, 2.45) is 22.7 Å². The average Bonchev–Trinajstić information content (AvgIpc) is 2.56. The second-order valence-electron chi connectivity index (χ2n) is 8.57. The Kier molecular flexibility index (Phi) is 5.21. The van der Waals surface area contributed by atoms with Gasteiger partial charge in [-0.1, -0.05) is 0 Å². The molecule has 0 saturated heterocycles. The molecule has 0 radical (unpaired) electrons. The minimum Gasteiger partial charge on any atom is -0.481 e. The van der Waals surface area contributed by atoms with Crippen LogP contribution in [0.15, 0.2) is 0 Å². The highest BCUT2D eigenvalue weighted by molar-refractivity contribution is 7.73. The molecular weight excluding hydrogens is 408 g/mol. The van der Waals surface area contributed by atoms with E-state index in [0.717, 1.165) is 6.42 Å². The number of carbonyl (C=O) groups excluding carboxylic acids is 1. The number of esters is 1. The van der Waals surface area contributed by atoms with Gasteiger partial charge in [0, 0.05) is 6.42 Å². The van der Waals surface area contributed by atoms with Crippen molar-refractivity contribution >= 4 is 22.6 Å². The predicted octanol–water partition coefficient (Wildman–Crippen LogP) is 2.82. The van der Waals surface area contributed by atoms with Crippen molar-refractivity contribution in [3.8, 4) is 0 Å². The molecule has 4 fully saturated rings. The van der Waals surface area contributed by atoms with E-state index in [-0.39, 0.29) is 18.3 Å². The summed E-state index contributed by atoms with van der Waals surface area (Å²) in [5.74, 6) is -6.17. The van der Waals surface area contributed by atoms with Crippen LogP contribution in [-0.4, -0.2) is 43.2 Å². The molecule has 0 aromatic rings. The molecule has 6 nitrogen and oxygen atoms in total. The van der Waals surface area contributed by atoms with Crippen LogP contribution in [0.3, 0.4) is 0 Å². The van der Waals surface area contributed by atoms with Crippen molar-refractivity contribution in [2.45, 2.75) is 62.5 Å². The van der Waals surface area contributed by atoms with Crippen LogP contribution < -0.4 is 0 Å². The highest BCUT2D eigenvalue weighted by Crippen LogP contribution is 2.65. The van der Waals surface area contributed by atoms with Crippen molar-refractivity contribution in [1.82, 2.24) is 0 Å². The molecule has 2 unspecified atom stereocenters. The molecule has 1 N–H and O–H groups in total. The molecule has 0 aromatic heterocycles. The Balaban J connectivity index is 1.59. The minimum absolute atomic E-state index is 0.0984. The maximum atomic E-state index is 13.4. The fourth-order valence-electron chi connectivity index (χ4n) is 5.65. The first-order valence-electron chi connectivity index (χ1n) is 9.14. The number of alkyl halides is 4. The summed E-state index contributed by atoms with van der Waals surface area (Å²) in [6, 6.07) is 0. The van der Waals surface area contributed by atoms with Gasteiger partial charge in [0.2, 0.25) is 10.7 Å². The lowest BCUT2D eigenvalue weighted by atomic mass is 9.44. The van der Waals surface area contributed by atoms with Crippen molar-refractivity contribution in [2.75, 3.05) is 6.61 Å². The van der Waals surface area contributed by atoms with Crippen LogP contribution in [0.2, 0.25) is 0 Å². The lowest BCUT2D eigenvalue weighted by molar-refractivity contribution is -0.192. The SMILES string of the molecule is O=C(O)C12CC3CC(C1)CC(C(=O)OCCCC(F)(F)C(F)(F)[SH](=O)=O)(C3)C2. The van der Waals surface area contributed by atoms with Crippen LogP contribution in [0.5, 0.6) is 0 Å².